The third-order valence-electron chi connectivity index (χ3n) is 4.70. The molecule has 6 heteroatoms. The van der Waals surface area contributed by atoms with Crippen molar-refractivity contribution in [3.05, 3.63) is 28.8 Å². The highest BCUT2D eigenvalue weighted by molar-refractivity contribution is 6.32. The Kier molecular flexibility index (Phi) is 4.74. The van der Waals surface area contributed by atoms with Gasteiger partial charge in [-0.25, -0.2) is 0 Å². The Labute approximate surface area is 141 Å². The van der Waals surface area contributed by atoms with Gasteiger partial charge in [0.05, 0.1) is 16.7 Å². The second kappa shape index (κ2) is 6.77. The van der Waals surface area contributed by atoms with Crippen molar-refractivity contribution >= 4 is 23.2 Å². The fraction of sp³-hybridized carbons (Fsp3) is 0.529. The first-order chi connectivity index (χ1) is 11.1. The van der Waals surface area contributed by atoms with Crippen LogP contribution < -0.4 is 4.90 Å². The van der Waals surface area contributed by atoms with Crippen LogP contribution in [0, 0.1) is 11.3 Å². The maximum absolute atomic E-state index is 12.8. The Hall–Kier alpha value is -1.77. The SMILES string of the molecule is CO[C@H]1C[C@@H](C(=O)N2CCCC2)N(c2ccc(C#N)c(Cl)c2)C1. The van der Waals surface area contributed by atoms with Gasteiger partial charge in [-0.15, -0.1) is 0 Å². The van der Waals surface area contributed by atoms with Crippen LogP contribution in [0.3, 0.4) is 0 Å². The highest BCUT2D eigenvalue weighted by atomic mass is 35.5. The summed E-state index contributed by atoms with van der Waals surface area (Å²) in [6.07, 6.45) is 2.87. The maximum atomic E-state index is 12.8. The van der Waals surface area contributed by atoms with Crippen LogP contribution in [-0.4, -0.2) is 49.7 Å². The van der Waals surface area contributed by atoms with Crippen molar-refractivity contribution < 1.29 is 9.53 Å². The van der Waals surface area contributed by atoms with E-state index < -0.39 is 0 Å². The number of nitrogens with zero attached hydrogens (tertiary/aromatic N) is 3. The number of carbonyl (C=O) groups excluding carboxylic acids is 1. The summed E-state index contributed by atoms with van der Waals surface area (Å²) < 4.78 is 5.48. The molecule has 2 fully saturated rings. The van der Waals surface area contributed by atoms with Crippen molar-refractivity contribution in [3.8, 4) is 6.07 Å². The average Bonchev–Trinajstić information content (AvgIpc) is 3.23. The molecular weight excluding hydrogens is 314 g/mol. The lowest BCUT2D eigenvalue weighted by Gasteiger charge is -2.29. The molecule has 5 nitrogen and oxygen atoms in total. The number of hydrogen-bond acceptors (Lipinski definition) is 4. The molecule has 2 atom stereocenters. The second-order valence-corrected chi connectivity index (χ2v) is 6.48. The summed E-state index contributed by atoms with van der Waals surface area (Å²) in [5.41, 5.74) is 1.31. The number of amides is 1. The lowest BCUT2D eigenvalue weighted by atomic mass is 10.1. The number of carbonyl (C=O) groups is 1. The maximum Gasteiger partial charge on any atom is 0.245 e. The van der Waals surface area contributed by atoms with E-state index >= 15 is 0 Å². The summed E-state index contributed by atoms with van der Waals surface area (Å²) in [6.45, 7) is 2.34. The monoisotopic (exact) mass is 333 g/mol. The van der Waals surface area contributed by atoms with Crippen LogP contribution >= 0.6 is 11.6 Å². The lowest BCUT2D eigenvalue weighted by Crippen LogP contribution is -2.44. The van der Waals surface area contributed by atoms with Crippen LogP contribution in [0.15, 0.2) is 18.2 Å². The number of benzene rings is 1. The van der Waals surface area contributed by atoms with Gasteiger partial charge < -0.3 is 14.5 Å². The molecule has 23 heavy (non-hydrogen) atoms. The van der Waals surface area contributed by atoms with Crippen molar-refractivity contribution in [1.82, 2.24) is 4.90 Å². The zero-order chi connectivity index (χ0) is 16.4. The fourth-order valence-electron chi connectivity index (χ4n) is 3.41. The van der Waals surface area contributed by atoms with E-state index in [0.717, 1.165) is 31.6 Å². The molecule has 2 aliphatic rings. The number of likely N-dealkylation sites (tertiary alicyclic amines) is 1. The predicted molar refractivity (Wildman–Crippen MR) is 88.5 cm³/mol. The van der Waals surface area contributed by atoms with Crippen LogP contribution in [0.2, 0.25) is 5.02 Å². The molecule has 0 spiro atoms. The molecule has 2 heterocycles. The molecule has 0 unspecified atom stereocenters. The van der Waals surface area contributed by atoms with E-state index in [1.165, 1.54) is 0 Å². The molecule has 0 saturated carbocycles. The minimum atomic E-state index is -0.220. The van der Waals surface area contributed by atoms with Gasteiger partial charge in [0, 0.05) is 38.9 Å². The zero-order valence-electron chi connectivity index (χ0n) is 13.2. The number of methoxy groups -OCH3 is 1. The standard InChI is InChI=1S/C17H20ClN3O2/c1-23-14-9-16(17(22)20-6-2-3-7-20)21(11-14)13-5-4-12(10-19)15(18)8-13/h4-5,8,14,16H,2-3,6-7,9,11H2,1H3/t14-,16-/m0/s1. The molecule has 0 aromatic heterocycles. The van der Waals surface area contributed by atoms with E-state index in [0.29, 0.717) is 23.6 Å². The minimum Gasteiger partial charge on any atom is -0.380 e. The highest BCUT2D eigenvalue weighted by Crippen LogP contribution is 2.31. The zero-order valence-corrected chi connectivity index (χ0v) is 13.9. The van der Waals surface area contributed by atoms with Gasteiger partial charge in [-0.3, -0.25) is 4.79 Å². The summed E-state index contributed by atoms with van der Waals surface area (Å²) in [5.74, 6) is 0.169. The molecule has 1 amide bonds. The van der Waals surface area contributed by atoms with Crippen molar-refractivity contribution in [3.63, 3.8) is 0 Å². The quantitative estimate of drug-likeness (QED) is 0.852. The first-order valence-corrected chi connectivity index (χ1v) is 8.29. The summed E-state index contributed by atoms with van der Waals surface area (Å²) in [4.78, 5) is 16.8. The van der Waals surface area contributed by atoms with Crippen LogP contribution in [0.4, 0.5) is 5.69 Å². The summed E-state index contributed by atoms with van der Waals surface area (Å²) >= 11 is 6.16. The molecule has 0 bridgehead atoms. The van der Waals surface area contributed by atoms with Crippen molar-refractivity contribution in [2.24, 2.45) is 0 Å². The van der Waals surface area contributed by atoms with Gasteiger partial charge in [-0.1, -0.05) is 11.6 Å². The van der Waals surface area contributed by atoms with Gasteiger partial charge in [0.2, 0.25) is 5.91 Å². The van der Waals surface area contributed by atoms with E-state index in [9.17, 15) is 4.79 Å². The van der Waals surface area contributed by atoms with E-state index in [-0.39, 0.29) is 18.1 Å². The van der Waals surface area contributed by atoms with Gasteiger partial charge in [0.15, 0.2) is 0 Å². The van der Waals surface area contributed by atoms with Crippen LogP contribution in [0.25, 0.3) is 0 Å². The Morgan fingerprint density at radius 2 is 2.13 bits per heavy atom. The lowest BCUT2D eigenvalue weighted by molar-refractivity contribution is -0.131. The highest BCUT2D eigenvalue weighted by Gasteiger charge is 2.39. The number of anilines is 1. The first-order valence-electron chi connectivity index (χ1n) is 7.92. The minimum absolute atomic E-state index is 0.0287. The number of rotatable bonds is 3. The van der Waals surface area contributed by atoms with Crippen molar-refractivity contribution in [1.29, 1.82) is 5.26 Å². The molecular formula is C17H20ClN3O2. The topological polar surface area (TPSA) is 56.6 Å². The van der Waals surface area contributed by atoms with E-state index in [1.54, 1.807) is 19.2 Å². The number of hydrogen-bond donors (Lipinski definition) is 0. The van der Waals surface area contributed by atoms with E-state index in [4.69, 9.17) is 21.6 Å². The largest absolute Gasteiger partial charge is 0.380 e. The van der Waals surface area contributed by atoms with Crippen LogP contribution in [0.1, 0.15) is 24.8 Å². The number of halogens is 1. The fourth-order valence-corrected chi connectivity index (χ4v) is 3.63. The molecule has 122 valence electrons. The Morgan fingerprint density at radius 3 is 2.74 bits per heavy atom. The van der Waals surface area contributed by atoms with Crippen molar-refractivity contribution in [2.75, 3.05) is 31.6 Å². The third-order valence-corrected chi connectivity index (χ3v) is 5.02. The number of nitriles is 1. The van der Waals surface area contributed by atoms with Gasteiger partial charge in [0.1, 0.15) is 12.1 Å². The molecule has 0 N–H and O–H groups in total. The molecule has 3 rings (SSSR count). The van der Waals surface area contributed by atoms with Gasteiger partial charge in [-0.2, -0.15) is 5.26 Å². The van der Waals surface area contributed by atoms with E-state index in [2.05, 4.69) is 11.0 Å². The summed E-state index contributed by atoms with van der Waals surface area (Å²) in [5, 5.41) is 9.42. The summed E-state index contributed by atoms with van der Waals surface area (Å²) in [6, 6.07) is 7.16. The summed E-state index contributed by atoms with van der Waals surface area (Å²) in [7, 11) is 1.68. The average molecular weight is 334 g/mol. The normalized spacial score (nSPS) is 24.0. The van der Waals surface area contributed by atoms with Gasteiger partial charge in [-0.05, 0) is 31.0 Å². The third kappa shape index (κ3) is 3.15. The number of ether oxygens (including phenoxy) is 1. The van der Waals surface area contributed by atoms with Crippen LogP contribution in [0.5, 0.6) is 0 Å². The second-order valence-electron chi connectivity index (χ2n) is 6.07. The van der Waals surface area contributed by atoms with E-state index in [1.807, 2.05) is 11.0 Å². The predicted octanol–water partition coefficient (Wildman–Crippen LogP) is 2.43. The molecule has 1 aromatic carbocycles. The van der Waals surface area contributed by atoms with Crippen molar-refractivity contribution in [2.45, 2.75) is 31.4 Å². The Bertz CT molecular complexity index is 637. The van der Waals surface area contributed by atoms with Gasteiger partial charge in [0.25, 0.3) is 0 Å². The molecule has 1 aromatic rings. The van der Waals surface area contributed by atoms with Gasteiger partial charge >= 0.3 is 0 Å². The molecule has 2 aliphatic heterocycles. The van der Waals surface area contributed by atoms with Crippen LogP contribution in [-0.2, 0) is 9.53 Å². The molecule has 0 aliphatic carbocycles. The molecule has 2 saturated heterocycles. The molecule has 0 radical (unpaired) electrons. The first kappa shape index (κ1) is 16.1. The smallest absolute Gasteiger partial charge is 0.245 e. The Balaban J connectivity index is 1.86. The Morgan fingerprint density at radius 1 is 1.39 bits per heavy atom.